The first kappa shape index (κ1) is 11.1. The number of pyridine rings is 1. The molecule has 0 saturated carbocycles. The summed E-state index contributed by atoms with van der Waals surface area (Å²) in [5.74, 6) is -1.12. The van der Waals surface area contributed by atoms with Crippen LogP contribution in [0.25, 0.3) is 10.8 Å². The third kappa shape index (κ3) is 1.85. The lowest BCUT2D eigenvalue weighted by atomic mass is 10.1. The third-order valence-corrected chi connectivity index (χ3v) is 2.55. The Labute approximate surface area is 97.4 Å². The molecule has 2 aromatic rings. The zero-order chi connectivity index (χ0) is 12.4. The number of nitrogens with zero attached hydrogens (tertiary/aromatic N) is 1. The third-order valence-electron chi connectivity index (χ3n) is 2.55. The van der Waals surface area contributed by atoms with Crippen LogP contribution in [0.3, 0.4) is 0 Å². The first-order chi connectivity index (χ1) is 8.15. The van der Waals surface area contributed by atoms with Crippen LogP contribution in [0, 0.1) is 0 Å². The highest BCUT2D eigenvalue weighted by Gasteiger charge is 2.13. The summed E-state index contributed by atoms with van der Waals surface area (Å²) in [6, 6.07) is 8.43. The minimum atomic E-state index is -1.12. The molecule has 0 fully saturated rings. The fraction of sp³-hybridized carbons (Fsp3) is 0.0769. The van der Waals surface area contributed by atoms with E-state index in [1.165, 1.54) is 16.7 Å². The van der Waals surface area contributed by atoms with Crippen LogP contribution in [0.2, 0.25) is 0 Å². The second-order valence-corrected chi connectivity index (χ2v) is 3.63. The quantitative estimate of drug-likeness (QED) is 0.817. The van der Waals surface area contributed by atoms with E-state index >= 15 is 0 Å². The van der Waals surface area contributed by atoms with Crippen molar-refractivity contribution in [1.29, 1.82) is 0 Å². The fourth-order valence-corrected chi connectivity index (χ4v) is 1.79. The number of allylic oxidation sites excluding steroid dienone is 1. The molecule has 0 aliphatic rings. The molecule has 0 spiro atoms. The van der Waals surface area contributed by atoms with Gasteiger partial charge in [0.05, 0.1) is 0 Å². The highest BCUT2D eigenvalue weighted by molar-refractivity contribution is 5.92. The van der Waals surface area contributed by atoms with Crippen molar-refractivity contribution in [3.63, 3.8) is 0 Å². The Morgan fingerprint density at radius 2 is 2.12 bits per heavy atom. The van der Waals surface area contributed by atoms with Gasteiger partial charge in [-0.15, -0.1) is 6.58 Å². The first-order valence-electron chi connectivity index (χ1n) is 5.12. The number of carboxylic acids is 1. The zero-order valence-electron chi connectivity index (χ0n) is 9.09. The average molecular weight is 229 g/mol. The fourth-order valence-electron chi connectivity index (χ4n) is 1.79. The van der Waals surface area contributed by atoms with Gasteiger partial charge in [-0.3, -0.25) is 9.36 Å². The van der Waals surface area contributed by atoms with Gasteiger partial charge in [-0.2, -0.15) is 0 Å². The Morgan fingerprint density at radius 1 is 1.41 bits per heavy atom. The normalized spacial score (nSPS) is 10.4. The van der Waals surface area contributed by atoms with Gasteiger partial charge in [0.15, 0.2) is 0 Å². The summed E-state index contributed by atoms with van der Waals surface area (Å²) in [6.07, 6.45) is 1.50. The van der Waals surface area contributed by atoms with Crippen LogP contribution in [0.5, 0.6) is 0 Å². The standard InChI is InChI=1S/C13H11NO3/c1-2-7-14-11(13(16)17)8-9-5-3-4-6-10(9)12(14)15/h2-6,8H,1,7H2,(H,16,17). The molecule has 0 amide bonds. The molecular formula is C13H11NO3. The Bertz CT molecular complexity index is 655. The maximum absolute atomic E-state index is 12.1. The molecule has 0 radical (unpaired) electrons. The van der Waals surface area contributed by atoms with Crippen molar-refractivity contribution >= 4 is 16.7 Å². The lowest BCUT2D eigenvalue weighted by molar-refractivity contribution is 0.0684. The van der Waals surface area contributed by atoms with Gasteiger partial charge in [0.2, 0.25) is 0 Å². The van der Waals surface area contributed by atoms with Gasteiger partial charge in [-0.05, 0) is 17.5 Å². The van der Waals surface area contributed by atoms with Gasteiger partial charge in [-0.1, -0.05) is 24.3 Å². The Morgan fingerprint density at radius 3 is 2.76 bits per heavy atom. The van der Waals surface area contributed by atoms with E-state index in [9.17, 15) is 9.59 Å². The molecule has 1 aromatic carbocycles. The van der Waals surface area contributed by atoms with Crippen molar-refractivity contribution in [3.8, 4) is 0 Å². The smallest absolute Gasteiger partial charge is 0.352 e. The molecule has 1 N–H and O–H groups in total. The summed E-state index contributed by atoms with van der Waals surface area (Å²) < 4.78 is 1.21. The van der Waals surface area contributed by atoms with Gasteiger partial charge < -0.3 is 5.11 Å². The van der Waals surface area contributed by atoms with Crippen LogP contribution in [0.4, 0.5) is 0 Å². The zero-order valence-corrected chi connectivity index (χ0v) is 9.09. The van der Waals surface area contributed by atoms with E-state index in [4.69, 9.17) is 5.11 Å². The number of fused-ring (bicyclic) bond motifs is 1. The second kappa shape index (κ2) is 4.25. The van der Waals surface area contributed by atoms with Gasteiger partial charge in [-0.25, -0.2) is 4.79 Å². The predicted molar refractivity (Wildman–Crippen MR) is 65.4 cm³/mol. The van der Waals surface area contributed by atoms with E-state index < -0.39 is 5.97 Å². The summed E-state index contributed by atoms with van der Waals surface area (Å²) in [7, 11) is 0. The van der Waals surface area contributed by atoms with E-state index in [0.29, 0.717) is 10.8 Å². The van der Waals surface area contributed by atoms with Crippen LogP contribution in [-0.2, 0) is 6.54 Å². The van der Waals surface area contributed by atoms with Crippen molar-refractivity contribution < 1.29 is 9.90 Å². The summed E-state index contributed by atoms with van der Waals surface area (Å²) in [4.78, 5) is 23.2. The van der Waals surface area contributed by atoms with Crippen molar-refractivity contribution in [2.75, 3.05) is 0 Å². The molecule has 1 aromatic heterocycles. The number of aromatic nitrogens is 1. The molecule has 2 rings (SSSR count). The molecule has 0 atom stereocenters. The topological polar surface area (TPSA) is 59.3 Å². The molecule has 86 valence electrons. The number of hydrogen-bond donors (Lipinski definition) is 1. The molecule has 0 aliphatic carbocycles. The molecule has 17 heavy (non-hydrogen) atoms. The molecule has 0 aliphatic heterocycles. The monoisotopic (exact) mass is 229 g/mol. The molecule has 0 saturated heterocycles. The van der Waals surface area contributed by atoms with E-state index in [1.807, 2.05) is 0 Å². The van der Waals surface area contributed by atoms with Gasteiger partial charge >= 0.3 is 5.97 Å². The highest BCUT2D eigenvalue weighted by atomic mass is 16.4. The first-order valence-corrected chi connectivity index (χ1v) is 5.12. The van der Waals surface area contributed by atoms with Crippen LogP contribution in [0.15, 0.2) is 47.8 Å². The van der Waals surface area contributed by atoms with Crippen molar-refractivity contribution in [2.45, 2.75) is 6.54 Å². The lowest BCUT2D eigenvalue weighted by Gasteiger charge is -2.09. The molecule has 4 heteroatoms. The van der Waals surface area contributed by atoms with Crippen LogP contribution in [-0.4, -0.2) is 15.6 Å². The van der Waals surface area contributed by atoms with Gasteiger partial charge in [0, 0.05) is 11.9 Å². The van der Waals surface area contributed by atoms with Gasteiger partial charge in [0.25, 0.3) is 5.56 Å². The number of aromatic carboxylic acids is 1. The van der Waals surface area contributed by atoms with Crippen molar-refractivity contribution in [1.82, 2.24) is 4.57 Å². The van der Waals surface area contributed by atoms with Crippen LogP contribution >= 0.6 is 0 Å². The summed E-state index contributed by atoms with van der Waals surface area (Å²) in [5, 5.41) is 10.2. The maximum atomic E-state index is 12.1. The van der Waals surface area contributed by atoms with Crippen LogP contribution in [0.1, 0.15) is 10.5 Å². The van der Waals surface area contributed by atoms with E-state index in [0.717, 1.165) is 0 Å². The predicted octanol–water partition coefficient (Wildman–Crippen LogP) is 1.89. The number of carbonyl (C=O) groups is 1. The summed E-state index contributed by atoms with van der Waals surface area (Å²) >= 11 is 0. The highest BCUT2D eigenvalue weighted by Crippen LogP contribution is 2.12. The van der Waals surface area contributed by atoms with Crippen molar-refractivity contribution in [3.05, 3.63) is 59.0 Å². The van der Waals surface area contributed by atoms with Crippen LogP contribution < -0.4 is 5.56 Å². The molecule has 0 bridgehead atoms. The molecule has 4 nitrogen and oxygen atoms in total. The van der Waals surface area contributed by atoms with E-state index in [1.54, 1.807) is 24.3 Å². The minimum absolute atomic E-state index is 0.0198. The molecular weight excluding hydrogens is 218 g/mol. The average Bonchev–Trinajstić information content (AvgIpc) is 2.32. The minimum Gasteiger partial charge on any atom is -0.477 e. The molecule has 1 heterocycles. The summed E-state index contributed by atoms with van der Waals surface area (Å²) in [5.41, 5.74) is -0.325. The number of benzene rings is 1. The number of carboxylic acid groups (broad SMARTS) is 1. The number of hydrogen-bond acceptors (Lipinski definition) is 2. The summed E-state index contributed by atoms with van der Waals surface area (Å²) in [6.45, 7) is 3.71. The van der Waals surface area contributed by atoms with E-state index in [-0.39, 0.29) is 17.8 Å². The van der Waals surface area contributed by atoms with E-state index in [2.05, 4.69) is 6.58 Å². The van der Waals surface area contributed by atoms with Crippen molar-refractivity contribution in [2.24, 2.45) is 0 Å². The second-order valence-electron chi connectivity index (χ2n) is 3.63. The largest absolute Gasteiger partial charge is 0.477 e. The Balaban J connectivity index is 2.88. The number of rotatable bonds is 3. The molecule has 0 unspecified atom stereocenters. The maximum Gasteiger partial charge on any atom is 0.352 e. The Hall–Kier alpha value is -2.36. The lowest BCUT2D eigenvalue weighted by Crippen LogP contribution is -2.25. The van der Waals surface area contributed by atoms with Gasteiger partial charge in [0.1, 0.15) is 5.69 Å². The Kier molecular flexibility index (Phi) is 2.78. The SMILES string of the molecule is C=CCn1c(C(=O)O)cc2ccccc2c1=O.